The molecule has 0 saturated heterocycles. The lowest BCUT2D eigenvalue weighted by Gasteiger charge is -2.15. The van der Waals surface area contributed by atoms with E-state index in [9.17, 15) is 9.90 Å². The van der Waals surface area contributed by atoms with Crippen molar-refractivity contribution < 1.29 is 9.90 Å². The number of nitrogens with zero attached hydrogens (tertiary/aromatic N) is 1. The van der Waals surface area contributed by atoms with Crippen LogP contribution in [0.25, 0.3) is 10.9 Å². The maximum atomic E-state index is 11.3. The van der Waals surface area contributed by atoms with Gasteiger partial charge in [-0.15, -0.1) is 0 Å². The molecule has 3 nitrogen and oxygen atoms in total. The van der Waals surface area contributed by atoms with Gasteiger partial charge in [-0.3, -0.25) is 4.79 Å². The lowest BCUT2D eigenvalue weighted by molar-refractivity contribution is -0.138. The highest BCUT2D eigenvalue weighted by Gasteiger charge is 2.20. The Morgan fingerprint density at radius 3 is 2.80 bits per heavy atom. The Hall–Kier alpha value is -1.77. The second-order valence-corrected chi connectivity index (χ2v) is 5.96. The van der Waals surface area contributed by atoms with E-state index in [1.54, 1.807) is 6.92 Å². The average Bonchev–Trinajstić information content (AvgIpc) is 3.08. The number of fused-ring (bicyclic) bond motifs is 1. The predicted molar refractivity (Wildman–Crippen MR) is 79.9 cm³/mol. The number of hydrogen-bond donors (Lipinski definition) is 1. The largest absolute Gasteiger partial charge is 0.481 e. The third-order valence-electron chi connectivity index (χ3n) is 4.59. The fourth-order valence-electron chi connectivity index (χ4n) is 3.40. The second-order valence-electron chi connectivity index (χ2n) is 5.96. The summed E-state index contributed by atoms with van der Waals surface area (Å²) in [4.78, 5) is 11.3. The number of aliphatic carboxylic acids is 1. The molecule has 1 aromatic heterocycles. The molecule has 1 aliphatic carbocycles. The van der Waals surface area contributed by atoms with Gasteiger partial charge in [0.2, 0.25) is 0 Å². The molecule has 1 heterocycles. The molecule has 1 unspecified atom stereocenters. The van der Waals surface area contributed by atoms with Crippen molar-refractivity contribution in [1.29, 1.82) is 0 Å². The van der Waals surface area contributed by atoms with Gasteiger partial charge in [0.05, 0.1) is 11.4 Å². The van der Waals surface area contributed by atoms with Crippen molar-refractivity contribution in [3.63, 3.8) is 0 Å². The van der Waals surface area contributed by atoms with Crippen LogP contribution in [0, 0.1) is 5.92 Å². The van der Waals surface area contributed by atoms with E-state index in [0.29, 0.717) is 0 Å². The SMILES string of the molecule is CC(C(=O)O)c1cccc2ccn(CC3CCCC3)c12. The molecule has 0 amide bonds. The van der Waals surface area contributed by atoms with Gasteiger partial charge >= 0.3 is 5.97 Å². The van der Waals surface area contributed by atoms with Gasteiger partial charge in [-0.05, 0) is 42.7 Å². The minimum atomic E-state index is -0.758. The molecular formula is C17H21NO2. The summed E-state index contributed by atoms with van der Waals surface area (Å²) in [6.45, 7) is 2.79. The summed E-state index contributed by atoms with van der Waals surface area (Å²) in [6, 6.07) is 8.07. The maximum Gasteiger partial charge on any atom is 0.310 e. The zero-order chi connectivity index (χ0) is 14.1. The number of carboxylic acids is 1. The number of para-hydroxylation sites is 1. The highest BCUT2D eigenvalue weighted by Crippen LogP contribution is 2.31. The van der Waals surface area contributed by atoms with Crippen LogP contribution in [-0.4, -0.2) is 15.6 Å². The molecule has 0 radical (unpaired) electrons. The highest BCUT2D eigenvalue weighted by atomic mass is 16.4. The molecular weight excluding hydrogens is 250 g/mol. The minimum Gasteiger partial charge on any atom is -0.481 e. The minimum absolute atomic E-state index is 0.462. The van der Waals surface area contributed by atoms with Gasteiger partial charge in [0, 0.05) is 12.7 Å². The van der Waals surface area contributed by atoms with Crippen molar-refractivity contribution in [2.24, 2.45) is 5.92 Å². The van der Waals surface area contributed by atoms with Gasteiger partial charge < -0.3 is 9.67 Å². The van der Waals surface area contributed by atoms with Gasteiger partial charge in [0.1, 0.15) is 0 Å². The highest BCUT2D eigenvalue weighted by molar-refractivity contribution is 5.88. The quantitative estimate of drug-likeness (QED) is 0.912. The third kappa shape index (κ3) is 2.33. The van der Waals surface area contributed by atoms with Crippen LogP contribution in [0.2, 0.25) is 0 Å². The number of hydrogen-bond acceptors (Lipinski definition) is 1. The fourth-order valence-corrected chi connectivity index (χ4v) is 3.40. The van der Waals surface area contributed by atoms with Crippen LogP contribution in [0.15, 0.2) is 30.5 Å². The van der Waals surface area contributed by atoms with E-state index in [1.807, 2.05) is 12.1 Å². The first kappa shape index (κ1) is 13.2. The van der Waals surface area contributed by atoms with Crippen molar-refractivity contribution in [2.45, 2.75) is 45.1 Å². The van der Waals surface area contributed by atoms with Gasteiger partial charge in [-0.25, -0.2) is 0 Å². The summed E-state index contributed by atoms with van der Waals surface area (Å²) in [5, 5.41) is 10.4. The molecule has 2 aromatic rings. The van der Waals surface area contributed by atoms with Crippen molar-refractivity contribution in [3.05, 3.63) is 36.0 Å². The molecule has 0 aliphatic heterocycles. The van der Waals surface area contributed by atoms with Crippen LogP contribution in [0.1, 0.15) is 44.1 Å². The first-order chi connectivity index (χ1) is 9.66. The zero-order valence-electron chi connectivity index (χ0n) is 11.9. The molecule has 1 saturated carbocycles. The number of benzene rings is 1. The normalized spacial score (nSPS) is 17.6. The molecule has 0 spiro atoms. The Balaban J connectivity index is 2.02. The van der Waals surface area contributed by atoms with Crippen LogP contribution >= 0.6 is 0 Å². The summed E-state index contributed by atoms with van der Waals surface area (Å²) >= 11 is 0. The summed E-state index contributed by atoms with van der Waals surface area (Å²) in [7, 11) is 0. The van der Waals surface area contributed by atoms with Crippen molar-refractivity contribution in [1.82, 2.24) is 4.57 Å². The summed E-state index contributed by atoms with van der Waals surface area (Å²) in [5.41, 5.74) is 2.03. The van der Waals surface area contributed by atoms with Crippen LogP contribution in [-0.2, 0) is 11.3 Å². The lowest BCUT2D eigenvalue weighted by Crippen LogP contribution is -2.11. The van der Waals surface area contributed by atoms with Crippen molar-refractivity contribution in [2.75, 3.05) is 0 Å². The van der Waals surface area contributed by atoms with Crippen LogP contribution in [0.5, 0.6) is 0 Å². The summed E-state index contributed by atoms with van der Waals surface area (Å²) < 4.78 is 2.26. The number of rotatable bonds is 4. The number of carbonyl (C=O) groups is 1. The van der Waals surface area contributed by atoms with Gasteiger partial charge in [0.25, 0.3) is 0 Å². The number of aromatic nitrogens is 1. The zero-order valence-corrected chi connectivity index (χ0v) is 11.9. The molecule has 3 heteroatoms. The Kier molecular flexibility index (Phi) is 3.51. The van der Waals surface area contributed by atoms with Crippen molar-refractivity contribution in [3.8, 4) is 0 Å². The molecule has 20 heavy (non-hydrogen) atoms. The van der Waals surface area contributed by atoms with Gasteiger partial charge in [-0.2, -0.15) is 0 Å². The van der Waals surface area contributed by atoms with Crippen LogP contribution in [0.3, 0.4) is 0 Å². The van der Waals surface area contributed by atoms with E-state index in [4.69, 9.17) is 0 Å². The van der Waals surface area contributed by atoms with E-state index in [2.05, 4.69) is 22.9 Å². The van der Waals surface area contributed by atoms with Crippen LogP contribution < -0.4 is 0 Å². The molecule has 1 N–H and O–H groups in total. The Bertz CT molecular complexity index is 623. The van der Waals surface area contributed by atoms with E-state index in [1.165, 1.54) is 25.7 Å². The predicted octanol–water partition coefficient (Wildman–Crippen LogP) is 4.02. The van der Waals surface area contributed by atoms with Gasteiger partial charge in [0.15, 0.2) is 0 Å². The molecule has 106 valence electrons. The first-order valence-electron chi connectivity index (χ1n) is 7.47. The monoisotopic (exact) mass is 271 g/mol. The van der Waals surface area contributed by atoms with E-state index >= 15 is 0 Å². The topological polar surface area (TPSA) is 42.2 Å². The molecule has 1 atom stereocenters. The molecule has 0 bridgehead atoms. The van der Waals surface area contributed by atoms with E-state index in [0.717, 1.165) is 28.9 Å². The van der Waals surface area contributed by atoms with Crippen molar-refractivity contribution >= 4 is 16.9 Å². The van der Waals surface area contributed by atoms with E-state index < -0.39 is 11.9 Å². The standard InChI is InChI=1S/C17H21NO2/c1-12(17(19)20)15-8-4-7-14-9-10-18(16(14)15)11-13-5-2-3-6-13/h4,7-10,12-13H,2-3,5-6,11H2,1H3,(H,19,20). The van der Waals surface area contributed by atoms with E-state index in [-0.39, 0.29) is 0 Å². The van der Waals surface area contributed by atoms with Gasteiger partial charge in [-0.1, -0.05) is 31.0 Å². The Morgan fingerprint density at radius 2 is 2.10 bits per heavy atom. The maximum absolute atomic E-state index is 11.3. The fraction of sp³-hybridized carbons (Fsp3) is 0.471. The first-order valence-corrected chi connectivity index (χ1v) is 7.47. The molecule has 3 rings (SSSR count). The Labute approximate surface area is 119 Å². The molecule has 1 aromatic carbocycles. The summed E-state index contributed by atoms with van der Waals surface area (Å²) in [6.07, 6.45) is 7.39. The second kappa shape index (κ2) is 5.31. The molecule has 1 aliphatic rings. The number of carboxylic acid groups (broad SMARTS) is 1. The average molecular weight is 271 g/mol. The lowest BCUT2D eigenvalue weighted by atomic mass is 9.98. The third-order valence-corrected chi connectivity index (χ3v) is 4.59. The molecule has 1 fully saturated rings. The Morgan fingerprint density at radius 1 is 1.35 bits per heavy atom. The summed E-state index contributed by atoms with van der Waals surface area (Å²) in [5.74, 6) is -0.471. The van der Waals surface area contributed by atoms with Crippen LogP contribution in [0.4, 0.5) is 0 Å². The smallest absolute Gasteiger partial charge is 0.310 e.